The fraction of sp³-hybridized carbons (Fsp3) is 0.120. The van der Waals surface area contributed by atoms with E-state index in [1.54, 1.807) is 0 Å². The Morgan fingerprint density at radius 1 is 0.444 bits per heavy atom. The Labute approximate surface area is 161 Å². The van der Waals surface area contributed by atoms with Gasteiger partial charge in [0.2, 0.25) is 11.4 Å². The number of hydrogen-bond donors (Lipinski definition) is 0. The Balaban J connectivity index is 1.32. The zero-order valence-corrected chi connectivity index (χ0v) is 15.4. The largest absolute Gasteiger partial charge is 0.210 e. The minimum absolute atomic E-state index is 1.10. The lowest BCUT2D eigenvalue weighted by Crippen LogP contribution is -2.29. The standard InChI is InChI=1S/C25H24N2/c1-3-10-24(11-4-1)26-18-14-22(15-19-26)8-7-9-23-16-20-27(21-17-23)25-12-5-2-6-13-25/h1-6,10-21H,7-9H2/q+2. The topological polar surface area (TPSA) is 7.76 Å². The number of rotatable bonds is 6. The summed E-state index contributed by atoms with van der Waals surface area (Å²) >= 11 is 0. The maximum absolute atomic E-state index is 2.22. The van der Waals surface area contributed by atoms with Crippen LogP contribution in [0.25, 0.3) is 11.4 Å². The fourth-order valence-corrected chi connectivity index (χ4v) is 3.29. The van der Waals surface area contributed by atoms with E-state index >= 15 is 0 Å². The number of pyridine rings is 2. The predicted molar refractivity (Wildman–Crippen MR) is 108 cm³/mol. The van der Waals surface area contributed by atoms with E-state index in [0.29, 0.717) is 0 Å². The van der Waals surface area contributed by atoms with Crippen molar-refractivity contribution in [3.05, 3.63) is 121 Å². The van der Waals surface area contributed by atoms with Gasteiger partial charge < -0.3 is 0 Å². The Kier molecular flexibility index (Phi) is 5.35. The third-order valence-electron chi connectivity index (χ3n) is 4.84. The molecule has 2 nitrogen and oxygen atoms in total. The second-order valence-electron chi connectivity index (χ2n) is 6.75. The van der Waals surface area contributed by atoms with Gasteiger partial charge in [-0.1, -0.05) is 36.4 Å². The Hall–Kier alpha value is -3.26. The summed E-state index contributed by atoms with van der Waals surface area (Å²) in [6.45, 7) is 0. The monoisotopic (exact) mass is 352 g/mol. The molecule has 0 radical (unpaired) electrons. The van der Waals surface area contributed by atoms with Gasteiger partial charge in [0, 0.05) is 48.5 Å². The van der Waals surface area contributed by atoms with Crippen LogP contribution in [0.3, 0.4) is 0 Å². The SMILES string of the molecule is c1ccc(-[n+]2ccc(CCCc3cc[n+](-c4ccccc4)cc3)cc2)cc1. The summed E-state index contributed by atoms with van der Waals surface area (Å²) in [7, 11) is 0. The second kappa shape index (κ2) is 8.41. The van der Waals surface area contributed by atoms with Crippen LogP contribution in [0.4, 0.5) is 0 Å². The molecule has 27 heavy (non-hydrogen) atoms. The normalized spacial score (nSPS) is 10.7. The molecule has 0 aliphatic carbocycles. The molecule has 2 aromatic carbocycles. The molecular weight excluding hydrogens is 328 g/mol. The molecule has 0 saturated carbocycles. The highest BCUT2D eigenvalue weighted by Gasteiger charge is 2.06. The van der Waals surface area contributed by atoms with E-state index in [2.05, 4.69) is 107 Å². The van der Waals surface area contributed by atoms with Crippen molar-refractivity contribution in [1.82, 2.24) is 0 Å². The zero-order valence-electron chi connectivity index (χ0n) is 15.4. The third kappa shape index (κ3) is 4.48. The predicted octanol–water partition coefficient (Wildman–Crippen LogP) is 4.42. The summed E-state index contributed by atoms with van der Waals surface area (Å²) in [4.78, 5) is 0. The summed E-state index contributed by atoms with van der Waals surface area (Å²) < 4.78 is 4.31. The molecule has 4 rings (SSSR count). The van der Waals surface area contributed by atoms with Gasteiger partial charge in [0.15, 0.2) is 24.8 Å². The molecule has 0 unspecified atom stereocenters. The van der Waals surface area contributed by atoms with Crippen LogP contribution in [-0.4, -0.2) is 0 Å². The van der Waals surface area contributed by atoms with E-state index in [4.69, 9.17) is 0 Å². The van der Waals surface area contributed by atoms with Crippen molar-refractivity contribution in [3.8, 4) is 11.4 Å². The third-order valence-corrected chi connectivity index (χ3v) is 4.84. The summed E-state index contributed by atoms with van der Waals surface area (Å²) in [6, 6.07) is 29.7. The van der Waals surface area contributed by atoms with Crippen molar-refractivity contribution in [2.45, 2.75) is 19.3 Å². The molecule has 0 amide bonds. The first-order valence-electron chi connectivity index (χ1n) is 9.50. The summed E-state index contributed by atoms with van der Waals surface area (Å²) in [6.07, 6.45) is 12.0. The molecule has 0 N–H and O–H groups in total. The quantitative estimate of drug-likeness (QED) is 0.454. The molecule has 4 aromatic rings. The number of para-hydroxylation sites is 2. The zero-order chi connectivity index (χ0) is 18.3. The van der Waals surface area contributed by atoms with Gasteiger partial charge in [-0.15, -0.1) is 0 Å². The van der Waals surface area contributed by atoms with Gasteiger partial charge in [0.25, 0.3) is 0 Å². The van der Waals surface area contributed by atoms with Crippen LogP contribution in [0.5, 0.6) is 0 Å². The molecule has 0 aliphatic heterocycles. The van der Waals surface area contributed by atoms with Crippen LogP contribution in [-0.2, 0) is 12.8 Å². The average molecular weight is 352 g/mol. The van der Waals surface area contributed by atoms with Gasteiger partial charge in [-0.25, -0.2) is 0 Å². The van der Waals surface area contributed by atoms with E-state index in [1.807, 2.05) is 12.1 Å². The lowest BCUT2D eigenvalue weighted by molar-refractivity contribution is -0.596. The highest BCUT2D eigenvalue weighted by atomic mass is 14.9. The molecule has 2 heteroatoms. The van der Waals surface area contributed by atoms with Crippen molar-refractivity contribution in [2.24, 2.45) is 0 Å². The van der Waals surface area contributed by atoms with Gasteiger partial charge >= 0.3 is 0 Å². The molecule has 0 aliphatic rings. The first-order chi connectivity index (χ1) is 13.4. The highest BCUT2D eigenvalue weighted by Crippen LogP contribution is 2.08. The summed E-state index contributed by atoms with van der Waals surface area (Å²) in [5.74, 6) is 0. The Bertz CT molecular complexity index is 877. The van der Waals surface area contributed by atoms with Crippen LogP contribution in [0.1, 0.15) is 17.5 Å². The highest BCUT2D eigenvalue weighted by molar-refractivity contribution is 5.23. The molecule has 2 heterocycles. The number of benzene rings is 2. The van der Waals surface area contributed by atoms with Gasteiger partial charge in [0.1, 0.15) is 0 Å². The van der Waals surface area contributed by atoms with Gasteiger partial charge in [0.05, 0.1) is 0 Å². The first-order valence-corrected chi connectivity index (χ1v) is 9.50. The molecule has 0 saturated heterocycles. The molecule has 2 aromatic heterocycles. The van der Waals surface area contributed by atoms with E-state index in [-0.39, 0.29) is 0 Å². The molecular formula is C25H24N2+2. The van der Waals surface area contributed by atoms with Crippen molar-refractivity contribution >= 4 is 0 Å². The van der Waals surface area contributed by atoms with Crippen molar-refractivity contribution < 1.29 is 9.13 Å². The summed E-state index contributed by atoms with van der Waals surface area (Å²) in [5, 5.41) is 0. The van der Waals surface area contributed by atoms with E-state index in [0.717, 1.165) is 19.3 Å². The molecule has 0 fully saturated rings. The van der Waals surface area contributed by atoms with Crippen molar-refractivity contribution in [1.29, 1.82) is 0 Å². The van der Waals surface area contributed by atoms with Crippen molar-refractivity contribution in [3.63, 3.8) is 0 Å². The average Bonchev–Trinajstić information content (AvgIpc) is 2.76. The van der Waals surface area contributed by atoms with Crippen molar-refractivity contribution in [2.75, 3.05) is 0 Å². The number of aryl methyl sites for hydroxylation is 2. The minimum atomic E-state index is 1.10. The number of nitrogens with zero attached hydrogens (tertiary/aromatic N) is 2. The van der Waals surface area contributed by atoms with Crippen LogP contribution >= 0.6 is 0 Å². The van der Waals surface area contributed by atoms with Crippen LogP contribution in [0, 0.1) is 0 Å². The van der Waals surface area contributed by atoms with Gasteiger partial charge in [-0.2, -0.15) is 9.13 Å². The maximum Gasteiger partial charge on any atom is 0.210 e. The number of aromatic nitrogens is 2. The van der Waals surface area contributed by atoms with E-state index < -0.39 is 0 Å². The first kappa shape index (κ1) is 17.2. The minimum Gasteiger partial charge on any atom is -0.167 e. The second-order valence-corrected chi connectivity index (χ2v) is 6.75. The molecule has 0 spiro atoms. The smallest absolute Gasteiger partial charge is 0.167 e. The van der Waals surface area contributed by atoms with E-state index in [9.17, 15) is 0 Å². The Morgan fingerprint density at radius 3 is 1.19 bits per heavy atom. The van der Waals surface area contributed by atoms with Gasteiger partial charge in [-0.05, 0) is 30.4 Å². The molecule has 132 valence electrons. The van der Waals surface area contributed by atoms with Crippen LogP contribution in [0.2, 0.25) is 0 Å². The lowest BCUT2D eigenvalue weighted by atomic mass is 10.1. The molecule has 0 atom stereocenters. The fourth-order valence-electron chi connectivity index (χ4n) is 3.29. The maximum atomic E-state index is 2.22. The lowest BCUT2D eigenvalue weighted by Gasteiger charge is -2.02. The molecule has 0 bridgehead atoms. The van der Waals surface area contributed by atoms with Crippen LogP contribution in [0.15, 0.2) is 110 Å². The van der Waals surface area contributed by atoms with E-state index in [1.165, 1.54) is 22.5 Å². The number of hydrogen-bond acceptors (Lipinski definition) is 0. The van der Waals surface area contributed by atoms with Crippen LogP contribution < -0.4 is 9.13 Å². The van der Waals surface area contributed by atoms with Gasteiger partial charge in [-0.3, -0.25) is 0 Å². The summed E-state index contributed by atoms with van der Waals surface area (Å²) in [5.41, 5.74) is 5.16. The Morgan fingerprint density at radius 2 is 0.815 bits per heavy atom.